The molecule has 0 fully saturated rings. The van der Waals surface area contributed by atoms with Gasteiger partial charge in [-0.2, -0.15) is 5.26 Å². The van der Waals surface area contributed by atoms with Crippen LogP contribution in [0.3, 0.4) is 0 Å². The first kappa shape index (κ1) is 21.7. The van der Waals surface area contributed by atoms with Gasteiger partial charge < -0.3 is 14.0 Å². The lowest BCUT2D eigenvalue weighted by Crippen LogP contribution is -2.32. The van der Waals surface area contributed by atoms with Crippen LogP contribution in [-0.4, -0.2) is 46.6 Å². The first-order valence-corrected chi connectivity index (χ1v) is 11.4. The van der Waals surface area contributed by atoms with Crippen LogP contribution in [0.25, 0.3) is 22.2 Å². The van der Waals surface area contributed by atoms with E-state index in [0.29, 0.717) is 24.4 Å². The van der Waals surface area contributed by atoms with Gasteiger partial charge in [-0.25, -0.2) is 8.42 Å². The molecular formula is C22H25N3O4S. The molecule has 3 aromatic rings. The van der Waals surface area contributed by atoms with Crippen LogP contribution >= 0.6 is 0 Å². The Morgan fingerprint density at radius 3 is 2.37 bits per heavy atom. The molecular weight excluding hydrogens is 402 g/mol. The molecule has 0 amide bonds. The summed E-state index contributed by atoms with van der Waals surface area (Å²) in [6.45, 7) is 3.21. The van der Waals surface area contributed by atoms with Crippen molar-refractivity contribution in [2.75, 3.05) is 37.9 Å². The molecule has 0 atom stereocenters. The summed E-state index contributed by atoms with van der Waals surface area (Å²) in [5.41, 5.74) is 3.70. The molecule has 0 radical (unpaired) electrons. The fourth-order valence-electron chi connectivity index (χ4n) is 3.64. The van der Waals surface area contributed by atoms with Crippen LogP contribution in [-0.2, 0) is 21.3 Å². The number of fused-ring (bicyclic) bond motifs is 1. The molecule has 0 aliphatic rings. The summed E-state index contributed by atoms with van der Waals surface area (Å²) in [4.78, 5) is 0. The van der Waals surface area contributed by atoms with Gasteiger partial charge >= 0.3 is 0 Å². The molecule has 2 aromatic carbocycles. The molecule has 30 heavy (non-hydrogen) atoms. The van der Waals surface area contributed by atoms with E-state index < -0.39 is 10.0 Å². The highest BCUT2D eigenvalue weighted by Gasteiger charge is 2.20. The number of aromatic nitrogens is 1. The van der Waals surface area contributed by atoms with Gasteiger partial charge in [-0.3, -0.25) is 4.31 Å². The van der Waals surface area contributed by atoms with Crippen molar-refractivity contribution in [3.8, 4) is 23.1 Å². The highest BCUT2D eigenvalue weighted by molar-refractivity contribution is 7.92. The van der Waals surface area contributed by atoms with Crippen LogP contribution in [0.1, 0.15) is 12.5 Å². The molecule has 0 saturated heterocycles. The van der Waals surface area contributed by atoms with E-state index in [1.54, 1.807) is 19.2 Å². The van der Waals surface area contributed by atoms with Crippen LogP contribution in [0.2, 0.25) is 0 Å². The lowest BCUT2D eigenvalue weighted by molar-refractivity contribution is 0.208. The highest BCUT2D eigenvalue weighted by atomic mass is 32.2. The van der Waals surface area contributed by atoms with E-state index in [4.69, 9.17) is 9.47 Å². The number of anilines is 1. The molecule has 8 heteroatoms. The van der Waals surface area contributed by atoms with Crippen molar-refractivity contribution in [2.45, 2.75) is 13.5 Å². The average molecular weight is 428 g/mol. The van der Waals surface area contributed by atoms with E-state index >= 15 is 0 Å². The zero-order valence-electron chi connectivity index (χ0n) is 17.5. The number of nitriles is 1. The summed E-state index contributed by atoms with van der Waals surface area (Å²) < 4.78 is 38.1. The minimum Gasteiger partial charge on any atom is -0.497 e. The largest absolute Gasteiger partial charge is 0.497 e. The molecule has 158 valence electrons. The summed E-state index contributed by atoms with van der Waals surface area (Å²) in [5.74, 6) is 0.725. The normalized spacial score (nSPS) is 11.4. The van der Waals surface area contributed by atoms with E-state index in [2.05, 4.69) is 10.6 Å². The maximum Gasteiger partial charge on any atom is 0.232 e. The fraction of sp³-hybridized carbons (Fsp3) is 0.318. The van der Waals surface area contributed by atoms with Crippen LogP contribution in [0, 0.1) is 11.3 Å². The SMILES string of the molecule is CCn1c(-c2ccc(N(CCOC)S(C)(=O)=O)cc2)c(C#N)c2ccc(OC)cc21. The summed E-state index contributed by atoms with van der Waals surface area (Å²) in [7, 11) is -0.293. The Bertz CT molecular complexity index is 1190. The zero-order valence-corrected chi connectivity index (χ0v) is 18.4. The third-order valence-corrected chi connectivity index (χ3v) is 6.22. The molecule has 7 nitrogen and oxygen atoms in total. The third kappa shape index (κ3) is 3.99. The number of hydrogen-bond donors (Lipinski definition) is 0. The van der Waals surface area contributed by atoms with Gasteiger partial charge in [0.1, 0.15) is 11.8 Å². The Morgan fingerprint density at radius 2 is 1.83 bits per heavy atom. The van der Waals surface area contributed by atoms with Crippen molar-refractivity contribution in [3.63, 3.8) is 0 Å². The van der Waals surface area contributed by atoms with E-state index in [-0.39, 0.29) is 6.54 Å². The van der Waals surface area contributed by atoms with Gasteiger partial charge in [0, 0.05) is 25.1 Å². The van der Waals surface area contributed by atoms with E-state index in [0.717, 1.165) is 27.9 Å². The summed E-state index contributed by atoms with van der Waals surface area (Å²) >= 11 is 0. The summed E-state index contributed by atoms with van der Waals surface area (Å²) in [5, 5.41) is 10.7. The second-order valence-corrected chi connectivity index (χ2v) is 8.74. The third-order valence-electron chi connectivity index (χ3n) is 5.03. The van der Waals surface area contributed by atoms with Crippen molar-refractivity contribution in [1.82, 2.24) is 4.57 Å². The Balaban J connectivity index is 2.13. The van der Waals surface area contributed by atoms with Crippen LogP contribution in [0.5, 0.6) is 5.75 Å². The highest BCUT2D eigenvalue weighted by Crippen LogP contribution is 2.36. The molecule has 0 N–H and O–H groups in total. The number of aryl methyl sites for hydroxylation is 1. The number of benzene rings is 2. The first-order chi connectivity index (χ1) is 14.3. The van der Waals surface area contributed by atoms with Crippen molar-refractivity contribution in [3.05, 3.63) is 48.0 Å². The minimum atomic E-state index is -3.44. The topological polar surface area (TPSA) is 84.6 Å². The molecule has 1 aromatic heterocycles. The Morgan fingerprint density at radius 1 is 1.13 bits per heavy atom. The molecule has 3 rings (SSSR count). The van der Waals surface area contributed by atoms with Gasteiger partial charge in [0.15, 0.2) is 0 Å². The second kappa shape index (κ2) is 8.78. The van der Waals surface area contributed by atoms with Gasteiger partial charge in [0.2, 0.25) is 10.0 Å². The molecule has 0 aliphatic heterocycles. The predicted molar refractivity (Wildman–Crippen MR) is 118 cm³/mol. The van der Waals surface area contributed by atoms with Gasteiger partial charge in [0.05, 0.1) is 49.0 Å². The Labute approximate surface area is 177 Å². The number of rotatable bonds is 8. The molecule has 1 heterocycles. The van der Waals surface area contributed by atoms with E-state index in [9.17, 15) is 13.7 Å². The second-order valence-electron chi connectivity index (χ2n) is 6.84. The average Bonchev–Trinajstić information content (AvgIpc) is 3.06. The summed E-state index contributed by atoms with van der Waals surface area (Å²) in [6, 6.07) is 15.2. The van der Waals surface area contributed by atoms with Crippen molar-refractivity contribution in [1.29, 1.82) is 5.26 Å². The van der Waals surface area contributed by atoms with Crippen LogP contribution < -0.4 is 9.04 Å². The van der Waals surface area contributed by atoms with Gasteiger partial charge in [-0.15, -0.1) is 0 Å². The monoisotopic (exact) mass is 427 g/mol. The molecule has 0 unspecified atom stereocenters. The maximum absolute atomic E-state index is 12.2. The first-order valence-electron chi connectivity index (χ1n) is 9.53. The lowest BCUT2D eigenvalue weighted by Gasteiger charge is -2.22. The minimum absolute atomic E-state index is 0.229. The Kier molecular flexibility index (Phi) is 6.34. The van der Waals surface area contributed by atoms with Gasteiger partial charge in [-0.1, -0.05) is 12.1 Å². The number of nitrogens with zero attached hydrogens (tertiary/aromatic N) is 3. The molecule has 0 saturated carbocycles. The van der Waals surface area contributed by atoms with Crippen molar-refractivity contribution >= 4 is 26.6 Å². The van der Waals surface area contributed by atoms with Gasteiger partial charge in [-0.05, 0) is 36.8 Å². The molecule has 0 spiro atoms. The lowest BCUT2D eigenvalue weighted by atomic mass is 10.1. The predicted octanol–water partition coefficient (Wildman–Crippen LogP) is 3.62. The van der Waals surface area contributed by atoms with E-state index in [1.807, 2.05) is 37.3 Å². The number of ether oxygens (including phenoxy) is 2. The fourth-order valence-corrected chi connectivity index (χ4v) is 4.55. The smallest absolute Gasteiger partial charge is 0.232 e. The molecule has 0 bridgehead atoms. The van der Waals surface area contributed by atoms with Crippen LogP contribution in [0.15, 0.2) is 42.5 Å². The number of hydrogen-bond acceptors (Lipinski definition) is 5. The van der Waals surface area contributed by atoms with E-state index in [1.165, 1.54) is 17.7 Å². The standard InChI is InChI=1S/C22H25N3O4S/c1-5-24-21-14-18(29-3)10-11-19(21)20(15-23)22(24)16-6-8-17(9-7-16)25(12-13-28-2)30(4,26)27/h6-11,14H,5,12-13H2,1-4H3. The maximum atomic E-state index is 12.2. The van der Waals surface area contributed by atoms with Gasteiger partial charge in [0.25, 0.3) is 0 Å². The number of methoxy groups -OCH3 is 2. The van der Waals surface area contributed by atoms with Crippen LogP contribution in [0.4, 0.5) is 5.69 Å². The zero-order chi connectivity index (χ0) is 21.9. The summed E-state index contributed by atoms with van der Waals surface area (Å²) in [6.07, 6.45) is 1.17. The Hall–Kier alpha value is -3.02. The van der Waals surface area contributed by atoms with Crippen molar-refractivity contribution in [2.24, 2.45) is 0 Å². The van der Waals surface area contributed by atoms with Crippen molar-refractivity contribution < 1.29 is 17.9 Å². The molecule has 0 aliphatic carbocycles. The quantitative estimate of drug-likeness (QED) is 0.548. The number of sulfonamides is 1.